The predicted molar refractivity (Wildman–Crippen MR) is 109 cm³/mol. The van der Waals surface area contributed by atoms with Crippen molar-refractivity contribution in [2.45, 2.75) is 44.4 Å². The molecule has 3 rings (SSSR count). The smallest absolute Gasteiger partial charge is 0.262 e. The van der Waals surface area contributed by atoms with Crippen molar-refractivity contribution in [2.75, 3.05) is 13.1 Å². The lowest BCUT2D eigenvalue weighted by molar-refractivity contribution is -0.126. The Hall–Kier alpha value is -2.39. The standard InChI is InChI=1S/C20H28N4O4S/c1-15(2)28-18-8-6-16(7-9-18)11-21-20(25)17-5-4-10-24(12-17)29(26,27)19-13-23(3)14-22-19/h6-9,13-15,17H,4-5,10-12H2,1-3H3,(H,21,25). The van der Waals surface area contributed by atoms with Crippen molar-refractivity contribution in [3.05, 3.63) is 42.4 Å². The highest BCUT2D eigenvalue weighted by Gasteiger charge is 2.34. The molecule has 1 N–H and O–H groups in total. The Morgan fingerprint density at radius 1 is 1.31 bits per heavy atom. The lowest BCUT2D eigenvalue weighted by Gasteiger charge is -2.30. The zero-order chi connectivity index (χ0) is 21.0. The van der Waals surface area contributed by atoms with Crippen molar-refractivity contribution in [1.29, 1.82) is 0 Å². The highest BCUT2D eigenvalue weighted by Crippen LogP contribution is 2.23. The van der Waals surface area contributed by atoms with Gasteiger partial charge >= 0.3 is 0 Å². The van der Waals surface area contributed by atoms with Gasteiger partial charge in [-0.3, -0.25) is 4.79 Å². The van der Waals surface area contributed by atoms with Crippen molar-refractivity contribution in [2.24, 2.45) is 13.0 Å². The first kappa shape index (κ1) is 21.3. The van der Waals surface area contributed by atoms with Crippen LogP contribution in [0, 0.1) is 5.92 Å². The first-order valence-corrected chi connectivity index (χ1v) is 11.2. The normalized spacial score (nSPS) is 18.0. The van der Waals surface area contributed by atoms with Crippen molar-refractivity contribution >= 4 is 15.9 Å². The minimum atomic E-state index is -3.68. The molecule has 1 aliphatic heterocycles. The van der Waals surface area contributed by atoms with Gasteiger partial charge in [0, 0.05) is 32.9 Å². The van der Waals surface area contributed by atoms with E-state index in [0.29, 0.717) is 25.9 Å². The third-order valence-electron chi connectivity index (χ3n) is 4.80. The van der Waals surface area contributed by atoms with Crippen LogP contribution in [0.2, 0.25) is 0 Å². The van der Waals surface area contributed by atoms with E-state index < -0.39 is 10.0 Å². The lowest BCUT2D eigenvalue weighted by atomic mass is 9.99. The molecule has 8 nitrogen and oxygen atoms in total. The second-order valence-electron chi connectivity index (χ2n) is 7.61. The summed E-state index contributed by atoms with van der Waals surface area (Å²) in [5, 5.41) is 2.94. The van der Waals surface area contributed by atoms with Crippen LogP contribution in [0.4, 0.5) is 0 Å². The number of benzene rings is 1. The number of sulfonamides is 1. The number of imidazole rings is 1. The Kier molecular flexibility index (Phi) is 6.59. The van der Waals surface area contributed by atoms with Crippen LogP contribution in [0.15, 0.2) is 41.8 Å². The Morgan fingerprint density at radius 2 is 2.03 bits per heavy atom. The summed E-state index contributed by atoms with van der Waals surface area (Å²) in [5.74, 6) is 0.289. The van der Waals surface area contributed by atoms with Gasteiger partial charge in [-0.05, 0) is 44.4 Å². The van der Waals surface area contributed by atoms with E-state index in [2.05, 4.69) is 10.3 Å². The average molecular weight is 421 g/mol. The monoisotopic (exact) mass is 420 g/mol. The highest BCUT2D eigenvalue weighted by molar-refractivity contribution is 7.89. The van der Waals surface area contributed by atoms with E-state index in [1.807, 2.05) is 38.1 Å². The topological polar surface area (TPSA) is 93.5 Å². The number of hydrogen-bond donors (Lipinski definition) is 1. The fourth-order valence-electron chi connectivity index (χ4n) is 3.32. The molecule has 0 bridgehead atoms. The molecule has 1 aromatic heterocycles. The van der Waals surface area contributed by atoms with Crippen LogP contribution in [0.1, 0.15) is 32.3 Å². The van der Waals surface area contributed by atoms with Crippen molar-refractivity contribution in [1.82, 2.24) is 19.2 Å². The van der Waals surface area contributed by atoms with Crippen LogP contribution in [-0.4, -0.2) is 47.4 Å². The molecule has 0 radical (unpaired) electrons. The molecular formula is C20H28N4O4S. The minimum absolute atomic E-state index is 0.0183. The highest BCUT2D eigenvalue weighted by atomic mass is 32.2. The summed E-state index contributed by atoms with van der Waals surface area (Å²) in [4.78, 5) is 16.6. The fraction of sp³-hybridized carbons (Fsp3) is 0.500. The molecule has 2 heterocycles. The van der Waals surface area contributed by atoms with Gasteiger partial charge in [-0.2, -0.15) is 4.31 Å². The molecule has 1 unspecified atom stereocenters. The largest absolute Gasteiger partial charge is 0.491 e. The van der Waals surface area contributed by atoms with Gasteiger partial charge in [-0.1, -0.05) is 12.1 Å². The number of rotatable bonds is 7. The average Bonchev–Trinajstić information content (AvgIpc) is 3.14. The van der Waals surface area contributed by atoms with Gasteiger partial charge in [0.2, 0.25) is 5.91 Å². The Labute approximate surface area is 171 Å². The minimum Gasteiger partial charge on any atom is -0.491 e. The molecular weight excluding hydrogens is 392 g/mol. The van der Waals surface area contributed by atoms with E-state index in [-0.39, 0.29) is 29.5 Å². The molecule has 0 saturated carbocycles. The Balaban J connectivity index is 1.57. The number of amides is 1. The second kappa shape index (κ2) is 8.96. The third-order valence-corrected chi connectivity index (χ3v) is 6.55. The number of carbonyl (C=O) groups excluding carboxylic acids is 1. The molecule has 0 aliphatic carbocycles. The van der Waals surface area contributed by atoms with Crippen LogP contribution >= 0.6 is 0 Å². The van der Waals surface area contributed by atoms with E-state index in [4.69, 9.17) is 4.74 Å². The summed E-state index contributed by atoms with van der Waals surface area (Å²) in [6, 6.07) is 7.58. The van der Waals surface area contributed by atoms with Gasteiger partial charge in [0.15, 0.2) is 5.03 Å². The van der Waals surface area contributed by atoms with Gasteiger partial charge in [-0.25, -0.2) is 13.4 Å². The number of aromatic nitrogens is 2. The summed E-state index contributed by atoms with van der Waals surface area (Å²) in [5.41, 5.74) is 0.961. The maximum absolute atomic E-state index is 12.8. The Morgan fingerprint density at radius 3 is 2.66 bits per heavy atom. The summed E-state index contributed by atoms with van der Waals surface area (Å²) in [6.07, 6.45) is 4.36. The van der Waals surface area contributed by atoms with E-state index in [1.54, 1.807) is 11.6 Å². The fourth-order valence-corrected chi connectivity index (χ4v) is 4.81. The maximum Gasteiger partial charge on any atom is 0.262 e. The van der Waals surface area contributed by atoms with E-state index in [1.165, 1.54) is 16.8 Å². The molecule has 0 spiro atoms. The second-order valence-corrected chi connectivity index (χ2v) is 9.49. The van der Waals surface area contributed by atoms with E-state index >= 15 is 0 Å². The molecule has 9 heteroatoms. The summed E-state index contributed by atoms with van der Waals surface area (Å²) in [6.45, 7) is 4.90. The maximum atomic E-state index is 12.8. The number of nitrogens with one attached hydrogen (secondary N) is 1. The number of piperidine rings is 1. The number of hydrogen-bond acceptors (Lipinski definition) is 5. The lowest BCUT2D eigenvalue weighted by Crippen LogP contribution is -2.45. The molecule has 2 aromatic rings. The van der Waals surface area contributed by atoms with Gasteiger partial charge in [0.1, 0.15) is 5.75 Å². The van der Waals surface area contributed by atoms with Gasteiger partial charge < -0.3 is 14.6 Å². The molecule has 1 amide bonds. The van der Waals surface area contributed by atoms with E-state index in [0.717, 1.165) is 11.3 Å². The van der Waals surface area contributed by atoms with Crippen LogP contribution in [0.3, 0.4) is 0 Å². The molecule has 158 valence electrons. The summed E-state index contributed by atoms with van der Waals surface area (Å²) < 4.78 is 34.1. The SMILES string of the molecule is CC(C)Oc1ccc(CNC(=O)C2CCCN(S(=O)(=O)c3cn(C)cn3)C2)cc1. The Bertz CT molecular complexity index is 938. The van der Waals surface area contributed by atoms with Crippen molar-refractivity contribution in [3.8, 4) is 5.75 Å². The van der Waals surface area contributed by atoms with Gasteiger partial charge in [0.25, 0.3) is 10.0 Å². The van der Waals surface area contributed by atoms with Crippen LogP contribution in [0.25, 0.3) is 0 Å². The van der Waals surface area contributed by atoms with Crippen molar-refractivity contribution < 1.29 is 17.9 Å². The molecule has 1 aromatic carbocycles. The summed E-state index contributed by atoms with van der Waals surface area (Å²) >= 11 is 0. The van der Waals surface area contributed by atoms with Crippen LogP contribution < -0.4 is 10.1 Å². The first-order chi connectivity index (χ1) is 13.8. The third kappa shape index (κ3) is 5.36. The number of carbonyl (C=O) groups is 1. The van der Waals surface area contributed by atoms with Crippen LogP contribution in [0.5, 0.6) is 5.75 Å². The number of nitrogens with zero attached hydrogens (tertiary/aromatic N) is 3. The molecule has 1 saturated heterocycles. The first-order valence-electron chi connectivity index (χ1n) is 9.77. The number of aryl methyl sites for hydroxylation is 1. The molecule has 29 heavy (non-hydrogen) atoms. The van der Waals surface area contributed by atoms with Gasteiger partial charge in [-0.15, -0.1) is 0 Å². The quantitative estimate of drug-likeness (QED) is 0.739. The predicted octanol–water partition coefficient (Wildman–Crippen LogP) is 1.92. The zero-order valence-electron chi connectivity index (χ0n) is 17.0. The molecule has 1 atom stereocenters. The summed E-state index contributed by atoms with van der Waals surface area (Å²) in [7, 11) is -1.96. The van der Waals surface area contributed by atoms with Crippen LogP contribution in [-0.2, 0) is 28.4 Å². The van der Waals surface area contributed by atoms with Crippen molar-refractivity contribution in [3.63, 3.8) is 0 Å². The van der Waals surface area contributed by atoms with E-state index in [9.17, 15) is 13.2 Å². The molecule has 1 fully saturated rings. The number of ether oxygens (including phenoxy) is 1. The van der Waals surface area contributed by atoms with Gasteiger partial charge in [0.05, 0.1) is 18.3 Å². The molecule has 1 aliphatic rings. The zero-order valence-corrected chi connectivity index (χ0v) is 17.9.